The van der Waals surface area contributed by atoms with Crippen molar-refractivity contribution < 1.29 is 4.74 Å². The maximum absolute atomic E-state index is 5.48. The van der Waals surface area contributed by atoms with E-state index in [2.05, 4.69) is 42.2 Å². The summed E-state index contributed by atoms with van der Waals surface area (Å²) in [5.41, 5.74) is 1.21. The van der Waals surface area contributed by atoms with Crippen LogP contribution in [-0.4, -0.2) is 41.1 Å². The average Bonchev–Trinajstić information content (AvgIpc) is 2.56. The predicted molar refractivity (Wildman–Crippen MR) is 94.6 cm³/mol. The van der Waals surface area contributed by atoms with Crippen molar-refractivity contribution in [2.75, 3.05) is 25.5 Å². The van der Waals surface area contributed by atoms with E-state index in [4.69, 9.17) is 4.74 Å². The lowest BCUT2D eigenvalue weighted by molar-refractivity contribution is 0.206. The number of rotatable bonds is 5. The third kappa shape index (κ3) is 4.42. The minimum absolute atomic E-state index is 0.414. The average molecular weight is 377 g/mol. The van der Waals surface area contributed by atoms with Crippen molar-refractivity contribution in [3.8, 4) is 5.75 Å². The van der Waals surface area contributed by atoms with Crippen LogP contribution in [0.5, 0.6) is 5.75 Å². The van der Waals surface area contributed by atoms with E-state index in [0.717, 1.165) is 42.1 Å². The number of anilines is 1. The summed E-state index contributed by atoms with van der Waals surface area (Å²) in [6.45, 7) is 3.00. The van der Waals surface area contributed by atoms with E-state index in [1.54, 1.807) is 19.6 Å². The molecule has 3 rings (SSSR count). The maximum Gasteiger partial charge on any atom is 0.129 e. The van der Waals surface area contributed by atoms with Gasteiger partial charge < -0.3 is 10.1 Å². The van der Waals surface area contributed by atoms with Crippen LogP contribution < -0.4 is 10.1 Å². The van der Waals surface area contributed by atoms with E-state index in [0.29, 0.717) is 6.04 Å². The second-order valence-electron chi connectivity index (χ2n) is 5.77. The molecule has 1 aliphatic rings. The molecule has 1 atom stereocenters. The number of halogens is 1. The first-order valence-electron chi connectivity index (χ1n) is 7.82. The number of nitrogens with one attached hydrogen (secondary N) is 1. The number of nitrogens with zero attached hydrogens (tertiary/aromatic N) is 3. The first kappa shape index (κ1) is 16.2. The highest BCUT2D eigenvalue weighted by atomic mass is 79.9. The molecule has 1 aromatic heterocycles. The van der Waals surface area contributed by atoms with Crippen LogP contribution in [-0.2, 0) is 6.54 Å². The first-order chi connectivity index (χ1) is 11.2. The van der Waals surface area contributed by atoms with E-state index >= 15 is 0 Å². The lowest BCUT2D eigenvalue weighted by Gasteiger charge is -2.33. The second-order valence-corrected chi connectivity index (χ2v) is 6.69. The summed E-state index contributed by atoms with van der Waals surface area (Å²) in [7, 11) is 1.72. The van der Waals surface area contributed by atoms with Crippen molar-refractivity contribution >= 4 is 21.7 Å². The molecule has 122 valence electrons. The van der Waals surface area contributed by atoms with Crippen LogP contribution in [0.2, 0.25) is 0 Å². The zero-order chi connectivity index (χ0) is 16.1. The van der Waals surface area contributed by atoms with Gasteiger partial charge >= 0.3 is 0 Å². The molecular formula is C17H21BrN4O. The summed E-state index contributed by atoms with van der Waals surface area (Å²) in [5, 5.41) is 3.50. The van der Waals surface area contributed by atoms with Crippen molar-refractivity contribution in [2.24, 2.45) is 0 Å². The summed E-state index contributed by atoms with van der Waals surface area (Å²) in [6, 6.07) is 8.49. The molecule has 2 aromatic rings. The fraction of sp³-hybridized carbons (Fsp3) is 0.412. The highest BCUT2D eigenvalue weighted by molar-refractivity contribution is 9.10. The Morgan fingerprint density at radius 2 is 2.30 bits per heavy atom. The molecule has 0 aliphatic carbocycles. The number of methoxy groups -OCH3 is 1. The number of hydrogen-bond donors (Lipinski definition) is 1. The molecule has 23 heavy (non-hydrogen) atoms. The molecular weight excluding hydrogens is 356 g/mol. The van der Waals surface area contributed by atoms with E-state index in [-0.39, 0.29) is 0 Å². The monoisotopic (exact) mass is 376 g/mol. The van der Waals surface area contributed by atoms with Gasteiger partial charge in [0.15, 0.2) is 0 Å². The van der Waals surface area contributed by atoms with Crippen molar-refractivity contribution in [3.63, 3.8) is 0 Å². The number of aromatic nitrogens is 2. The molecule has 0 saturated carbocycles. The molecule has 1 N–H and O–H groups in total. The topological polar surface area (TPSA) is 50.3 Å². The molecule has 0 spiro atoms. The summed E-state index contributed by atoms with van der Waals surface area (Å²) < 4.78 is 6.57. The smallest absolute Gasteiger partial charge is 0.129 e. The van der Waals surface area contributed by atoms with Crippen molar-refractivity contribution in [2.45, 2.75) is 25.4 Å². The fourth-order valence-corrected chi connectivity index (χ4v) is 3.42. The first-order valence-corrected chi connectivity index (χ1v) is 8.61. The Bertz CT molecular complexity index is 638. The van der Waals surface area contributed by atoms with Gasteiger partial charge in [0.2, 0.25) is 0 Å². The van der Waals surface area contributed by atoms with Gasteiger partial charge in [-0.15, -0.1) is 0 Å². The van der Waals surface area contributed by atoms with Crippen LogP contribution in [0.15, 0.2) is 41.3 Å². The number of benzene rings is 1. The third-order valence-corrected chi connectivity index (χ3v) is 4.57. The molecule has 1 fully saturated rings. The molecule has 6 heteroatoms. The Balaban J connectivity index is 1.64. The van der Waals surface area contributed by atoms with Crippen LogP contribution in [0.4, 0.5) is 5.82 Å². The van der Waals surface area contributed by atoms with E-state index in [1.165, 1.54) is 12.0 Å². The predicted octanol–water partition coefficient (Wildman–Crippen LogP) is 3.32. The SMILES string of the molecule is COc1ccc(Br)cc1CN1CCCC(Nc2ccncn2)C1. The quantitative estimate of drug-likeness (QED) is 0.867. The van der Waals surface area contributed by atoms with Gasteiger partial charge in [0.1, 0.15) is 17.9 Å². The van der Waals surface area contributed by atoms with E-state index in [9.17, 15) is 0 Å². The van der Waals surface area contributed by atoms with Crippen molar-refractivity contribution in [3.05, 3.63) is 46.8 Å². The number of hydrogen-bond acceptors (Lipinski definition) is 5. The Morgan fingerprint density at radius 1 is 1.39 bits per heavy atom. The molecule has 0 bridgehead atoms. The van der Waals surface area contributed by atoms with E-state index < -0.39 is 0 Å². The lowest BCUT2D eigenvalue weighted by atomic mass is 10.0. The fourth-order valence-electron chi connectivity index (χ4n) is 3.01. The van der Waals surface area contributed by atoms with Gasteiger partial charge in [0.05, 0.1) is 7.11 Å². The Hall–Kier alpha value is -1.66. The minimum Gasteiger partial charge on any atom is -0.496 e. The minimum atomic E-state index is 0.414. The summed E-state index contributed by atoms with van der Waals surface area (Å²) in [6.07, 6.45) is 5.69. The Morgan fingerprint density at radius 3 is 3.09 bits per heavy atom. The molecule has 1 unspecified atom stereocenters. The number of piperidine rings is 1. The third-order valence-electron chi connectivity index (χ3n) is 4.08. The van der Waals surface area contributed by atoms with Crippen LogP contribution in [0, 0.1) is 0 Å². The van der Waals surface area contributed by atoms with Gasteiger partial charge in [-0.3, -0.25) is 4.90 Å². The van der Waals surface area contributed by atoms with Crippen LogP contribution >= 0.6 is 15.9 Å². The van der Waals surface area contributed by atoms with Gasteiger partial charge in [-0.1, -0.05) is 15.9 Å². The highest BCUT2D eigenvalue weighted by Crippen LogP contribution is 2.26. The second kappa shape index (κ2) is 7.75. The van der Waals surface area contributed by atoms with E-state index in [1.807, 2.05) is 18.2 Å². The highest BCUT2D eigenvalue weighted by Gasteiger charge is 2.21. The zero-order valence-electron chi connectivity index (χ0n) is 13.2. The van der Waals surface area contributed by atoms with Crippen LogP contribution in [0.3, 0.4) is 0 Å². The maximum atomic E-state index is 5.48. The largest absolute Gasteiger partial charge is 0.496 e. The van der Waals surface area contributed by atoms with Crippen LogP contribution in [0.25, 0.3) is 0 Å². The number of likely N-dealkylation sites (tertiary alicyclic amines) is 1. The molecule has 5 nitrogen and oxygen atoms in total. The van der Waals surface area contributed by atoms with Gasteiger partial charge in [0.25, 0.3) is 0 Å². The molecule has 0 radical (unpaired) electrons. The van der Waals surface area contributed by atoms with Gasteiger partial charge in [0, 0.05) is 35.4 Å². The summed E-state index contributed by atoms with van der Waals surface area (Å²) in [5.74, 6) is 1.84. The summed E-state index contributed by atoms with van der Waals surface area (Å²) in [4.78, 5) is 10.7. The normalized spacial score (nSPS) is 18.6. The summed E-state index contributed by atoms with van der Waals surface area (Å²) >= 11 is 3.55. The van der Waals surface area contributed by atoms with Gasteiger partial charge in [-0.25, -0.2) is 9.97 Å². The molecule has 0 amide bonds. The molecule has 1 saturated heterocycles. The Kier molecular flexibility index (Phi) is 5.46. The van der Waals surface area contributed by atoms with Gasteiger partial charge in [-0.2, -0.15) is 0 Å². The van der Waals surface area contributed by atoms with Crippen LogP contribution in [0.1, 0.15) is 18.4 Å². The molecule has 1 aliphatic heterocycles. The Labute approximate surface area is 145 Å². The van der Waals surface area contributed by atoms with Crippen molar-refractivity contribution in [1.82, 2.24) is 14.9 Å². The zero-order valence-corrected chi connectivity index (χ0v) is 14.8. The number of ether oxygens (including phenoxy) is 1. The van der Waals surface area contributed by atoms with Crippen molar-refractivity contribution in [1.29, 1.82) is 0 Å². The molecule has 2 heterocycles. The van der Waals surface area contributed by atoms with Gasteiger partial charge in [-0.05, 0) is 43.7 Å². The molecule has 1 aromatic carbocycles. The standard InChI is InChI=1S/C17H21BrN4O/c1-23-16-5-4-14(18)9-13(16)10-22-8-2-3-15(11-22)21-17-6-7-19-12-20-17/h4-7,9,12,15H,2-3,8,10-11H2,1H3,(H,19,20,21). The lowest BCUT2D eigenvalue weighted by Crippen LogP contribution is -2.41.